The third kappa shape index (κ3) is 5.58. The smallest absolute Gasteiger partial charge is 0.271 e. The molecule has 1 aromatic rings. The molecule has 0 aliphatic rings. The third-order valence-corrected chi connectivity index (χ3v) is 4.12. The molecular weight excluding hydrogens is 296 g/mol. The number of hydrogen-bond donors (Lipinski definition) is 1. The lowest BCUT2D eigenvalue weighted by Crippen LogP contribution is -2.15. The first-order valence-electron chi connectivity index (χ1n) is 6.81. The Morgan fingerprint density at radius 2 is 2.00 bits per heavy atom. The predicted octanol–water partition coefficient (Wildman–Crippen LogP) is 2.93. The van der Waals surface area contributed by atoms with Crippen LogP contribution in [0.15, 0.2) is 18.2 Å². The number of hydrogen-bond acceptors (Lipinski definition) is 5. The van der Waals surface area contributed by atoms with Crippen molar-refractivity contribution in [2.24, 2.45) is 0 Å². The van der Waals surface area contributed by atoms with Gasteiger partial charge in [0.2, 0.25) is 10.0 Å². The van der Waals surface area contributed by atoms with Crippen molar-refractivity contribution in [3.05, 3.63) is 28.3 Å². The van der Waals surface area contributed by atoms with E-state index in [1.54, 1.807) is 0 Å². The predicted molar refractivity (Wildman–Crippen MR) is 81.2 cm³/mol. The van der Waals surface area contributed by atoms with Crippen LogP contribution in [0.4, 0.5) is 11.4 Å². The van der Waals surface area contributed by atoms with Crippen molar-refractivity contribution in [1.29, 1.82) is 0 Å². The molecule has 0 saturated heterocycles. The number of nitrogens with zero attached hydrogens (tertiary/aromatic N) is 1. The normalized spacial score (nSPS) is 11.1. The van der Waals surface area contributed by atoms with Gasteiger partial charge >= 0.3 is 0 Å². The maximum absolute atomic E-state index is 11.6. The molecule has 1 rings (SSSR count). The number of sulfonamides is 1. The lowest BCUT2D eigenvalue weighted by molar-refractivity contribution is -0.384. The Labute approximate surface area is 124 Å². The second kappa shape index (κ2) is 7.82. The zero-order valence-corrected chi connectivity index (χ0v) is 13.0. The molecule has 0 aliphatic carbocycles. The summed E-state index contributed by atoms with van der Waals surface area (Å²) >= 11 is 0. The fourth-order valence-corrected chi connectivity index (χ4v) is 2.25. The monoisotopic (exact) mass is 316 g/mol. The standard InChI is InChI=1S/C13H20N2O5S/c1-3-5-6-9-20-13-8-7-11(15(16)17)10-12(13)14-21(18,19)4-2/h7-8,10,14H,3-6,9H2,1-2H3. The molecule has 118 valence electrons. The van der Waals surface area contributed by atoms with E-state index in [1.807, 2.05) is 0 Å². The number of nitro groups is 1. The summed E-state index contributed by atoms with van der Waals surface area (Å²) in [5.74, 6) is 0.180. The number of ether oxygens (including phenoxy) is 1. The quantitative estimate of drug-likeness (QED) is 0.429. The van der Waals surface area contributed by atoms with Crippen LogP contribution >= 0.6 is 0 Å². The Morgan fingerprint density at radius 1 is 1.29 bits per heavy atom. The summed E-state index contributed by atoms with van der Waals surface area (Å²) in [6.45, 7) is 3.99. The van der Waals surface area contributed by atoms with Gasteiger partial charge in [0, 0.05) is 12.1 Å². The van der Waals surface area contributed by atoms with E-state index in [2.05, 4.69) is 11.6 Å². The summed E-state index contributed by atoms with van der Waals surface area (Å²) in [5.41, 5.74) is -0.0905. The Hall–Kier alpha value is -1.83. The molecule has 0 radical (unpaired) electrons. The van der Waals surface area contributed by atoms with E-state index in [4.69, 9.17) is 4.74 Å². The van der Waals surface area contributed by atoms with E-state index in [9.17, 15) is 18.5 Å². The second-order valence-corrected chi connectivity index (χ2v) is 6.51. The minimum atomic E-state index is -3.53. The van der Waals surface area contributed by atoms with Crippen LogP contribution in [0.5, 0.6) is 5.75 Å². The first-order valence-corrected chi connectivity index (χ1v) is 8.46. The number of anilines is 1. The van der Waals surface area contributed by atoms with Crippen molar-refractivity contribution in [2.75, 3.05) is 17.1 Å². The topological polar surface area (TPSA) is 98.5 Å². The Morgan fingerprint density at radius 3 is 2.57 bits per heavy atom. The lowest BCUT2D eigenvalue weighted by Gasteiger charge is -2.12. The highest BCUT2D eigenvalue weighted by atomic mass is 32.2. The maximum Gasteiger partial charge on any atom is 0.271 e. The van der Waals surface area contributed by atoms with Gasteiger partial charge in [-0.15, -0.1) is 0 Å². The highest BCUT2D eigenvalue weighted by Crippen LogP contribution is 2.30. The minimum Gasteiger partial charge on any atom is -0.491 e. The van der Waals surface area contributed by atoms with Crippen molar-refractivity contribution >= 4 is 21.4 Å². The Bertz CT molecular complexity index is 586. The largest absolute Gasteiger partial charge is 0.491 e. The van der Waals surface area contributed by atoms with Crippen molar-refractivity contribution in [3.63, 3.8) is 0 Å². The second-order valence-electron chi connectivity index (χ2n) is 4.50. The van der Waals surface area contributed by atoms with Gasteiger partial charge in [0.1, 0.15) is 5.75 Å². The van der Waals surface area contributed by atoms with Gasteiger partial charge in [-0.25, -0.2) is 8.42 Å². The Balaban J connectivity index is 2.97. The SMILES string of the molecule is CCCCCOc1ccc([N+](=O)[O-])cc1NS(=O)(=O)CC. The molecule has 1 aromatic carbocycles. The van der Waals surface area contributed by atoms with Crippen LogP contribution in [0, 0.1) is 10.1 Å². The molecule has 1 N–H and O–H groups in total. The van der Waals surface area contributed by atoms with Crippen LogP contribution in [0.1, 0.15) is 33.1 Å². The highest BCUT2D eigenvalue weighted by Gasteiger charge is 2.16. The fourth-order valence-electron chi connectivity index (χ4n) is 1.61. The zero-order chi connectivity index (χ0) is 15.9. The summed E-state index contributed by atoms with van der Waals surface area (Å²) in [6, 6.07) is 3.87. The van der Waals surface area contributed by atoms with Crippen LogP contribution < -0.4 is 9.46 Å². The molecule has 0 saturated carbocycles. The number of rotatable bonds is 9. The van der Waals surface area contributed by atoms with Crippen molar-refractivity contribution in [3.8, 4) is 5.75 Å². The maximum atomic E-state index is 11.6. The molecule has 0 spiro atoms. The molecule has 8 heteroatoms. The van der Waals surface area contributed by atoms with E-state index in [1.165, 1.54) is 25.1 Å². The first kappa shape index (κ1) is 17.2. The summed E-state index contributed by atoms with van der Waals surface area (Å²) in [4.78, 5) is 10.2. The number of benzene rings is 1. The van der Waals surface area contributed by atoms with Crippen LogP contribution in [-0.4, -0.2) is 25.7 Å². The molecule has 0 atom stereocenters. The molecule has 0 bridgehead atoms. The third-order valence-electron chi connectivity index (χ3n) is 2.82. The molecule has 0 aromatic heterocycles. The minimum absolute atomic E-state index is 0.0996. The zero-order valence-electron chi connectivity index (χ0n) is 12.2. The van der Waals surface area contributed by atoms with Gasteiger partial charge in [0.15, 0.2) is 0 Å². The summed E-state index contributed by atoms with van der Waals surface area (Å²) < 4.78 is 31.1. The molecular formula is C13H20N2O5S. The van der Waals surface area contributed by atoms with Gasteiger partial charge in [-0.3, -0.25) is 14.8 Å². The number of nitrogens with one attached hydrogen (secondary N) is 1. The highest BCUT2D eigenvalue weighted by molar-refractivity contribution is 7.92. The van der Waals surface area contributed by atoms with Gasteiger partial charge in [0.25, 0.3) is 5.69 Å². The molecule has 0 fully saturated rings. The Kier molecular flexibility index (Phi) is 6.41. The van der Waals surface area contributed by atoms with E-state index < -0.39 is 14.9 Å². The summed E-state index contributed by atoms with van der Waals surface area (Å²) in [6.07, 6.45) is 2.88. The van der Waals surface area contributed by atoms with Crippen LogP contribution in [0.3, 0.4) is 0 Å². The molecule has 7 nitrogen and oxygen atoms in total. The van der Waals surface area contributed by atoms with Gasteiger partial charge < -0.3 is 4.74 Å². The number of unbranched alkanes of at least 4 members (excludes halogenated alkanes) is 2. The molecule has 21 heavy (non-hydrogen) atoms. The van der Waals surface area contributed by atoms with E-state index in [0.29, 0.717) is 12.4 Å². The summed E-state index contributed by atoms with van der Waals surface area (Å²) in [5, 5.41) is 10.8. The van der Waals surface area contributed by atoms with Gasteiger partial charge in [0.05, 0.1) is 23.0 Å². The number of nitro benzene ring substituents is 1. The molecule has 0 unspecified atom stereocenters. The van der Waals surface area contributed by atoms with Crippen LogP contribution in [0.25, 0.3) is 0 Å². The van der Waals surface area contributed by atoms with Crippen molar-refractivity contribution in [2.45, 2.75) is 33.1 Å². The van der Waals surface area contributed by atoms with E-state index in [-0.39, 0.29) is 17.1 Å². The molecule has 0 heterocycles. The lowest BCUT2D eigenvalue weighted by atomic mass is 10.2. The average molecular weight is 316 g/mol. The van der Waals surface area contributed by atoms with Crippen molar-refractivity contribution in [1.82, 2.24) is 0 Å². The van der Waals surface area contributed by atoms with Gasteiger partial charge in [-0.1, -0.05) is 19.8 Å². The van der Waals surface area contributed by atoms with Crippen LogP contribution in [-0.2, 0) is 10.0 Å². The van der Waals surface area contributed by atoms with E-state index in [0.717, 1.165) is 19.3 Å². The first-order chi connectivity index (χ1) is 9.89. The van der Waals surface area contributed by atoms with Gasteiger partial charge in [-0.05, 0) is 19.4 Å². The average Bonchev–Trinajstić information content (AvgIpc) is 2.44. The molecule has 0 amide bonds. The van der Waals surface area contributed by atoms with E-state index >= 15 is 0 Å². The summed E-state index contributed by atoms with van der Waals surface area (Å²) in [7, 11) is -3.53. The molecule has 0 aliphatic heterocycles. The van der Waals surface area contributed by atoms with Crippen molar-refractivity contribution < 1.29 is 18.1 Å². The fraction of sp³-hybridized carbons (Fsp3) is 0.538. The number of non-ortho nitro benzene ring substituents is 1. The van der Waals surface area contributed by atoms with Gasteiger partial charge in [-0.2, -0.15) is 0 Å². The van der Waals surface area contributed by atoms with Crippen LogP contribution in [0.2, 0.25) is 0 Å².